The Kier molecular flexibility index (Phi) is 14.7. The zero-order valence-electron chi connectivity index (χ0n) is 30.5. The summed E-state index contributed by atoms with van der Waals surface area (Å²) < 4.78 is 23.9. The van der Waals surface area contributed by atoms with Crippen molar-refractivity contribution in [1.82, 2.24) is 10.2 Å². The Bertz CT molecular complexity index is 1080. The molecule has 0 radical (unpaired) electrons. The molecule has 1 unspecified atom stereocenters. The van der Waals surface area contributed by atoms with Crippen LogP contribution in [-0.2, 0) is 31.8 Å². The van der Waals surface area contributed by atoms with Gasteiger partial charge < -0.3 is 24.3 Å². The maximum absolute atomic E-state index is 13.7. The third kappa shape index (κ3) is 11.8. The first-order valence-corrected chi connectivity index (χ1v) is 17.2. The summed E-state index contributed by atoms with van der Waals surface area (Å²) in [4.78, 5) is 28.8. The predicted molar refractivity (Wildman–Crippen MR) is 182 cm³/mol. The molecule has 1 heterocycles. The Morgan fingerprint density at radius 3 is 2.33 bits per heavy atom. The Morgan fingerprint density at radius 2 is 1.76 bits per heavy atom. The number of aryl methyl sites for hydroxylation is 1. The van der Waals surface area contributed by atoms with E-state index in [1.165, 1.54) is 11.1 Å². The van der Waals surface area contributed by atoms with Crippen LogP contribution in [0.5, 0.6) is 5.75 Å². The zero-order valence-corrected chi connectivity index (χ0v) is 30.5. The van der Waals surface area contributed by atoms with Gasteiger partial charge in [0.1, 0.15) is 17.1 Å². The zero-order chi connectivity index (χ0) is 34.0. The Balaban J connectivity index is 2.37. The van der Waals surface area contributed by atoms with Crippen molar-refractivity contribution in [3.63, 3.8) is 0 Å². The van der Waals surface area contributed by atoms with Gasteiger partial charge in [-0.3, -0.25) is 9.69 Å². The highest BCUT2D eigenvalue weighted by Gasteiger charge is 2.52. The highest BCUT2D eigenvalue weighted by molar-refractivity contribution is 5.81. The maximum atomic E-state index is 13.7. The molecule has 1 fully saturated rings. The molecule has 2 amide bonds. The van der Waals surface area contributed by atoms with E-state index in [1.54, 1.807) is 12.0 Å². The first-order chi connectivity index (χ1) is 21.0. The van der Waals surface area contributed by atoms with E-state index < -0.39 is 22.8 Å². The molecular weight excluding hydrogens is 568 g/mol. The Hall–Kier alpha value is -2.32. The van der Waals surface area contributed by atoms with Gasteiger partial charge >= 0.3 is 6.09 Å². The number of benzene rings is 1. The molecule has 1 aromatic rings. The summed E-state index contributed by atoms with van der Waals surface area (Å²) in [5.41, 5.74) is 0.382. The van der Waals surface area contributed by atoms with Crippen LogP contribution in [0.25, 0.3) is 0 Å². The van der Waals surface area contributed by atoms with Gasteiger partial charge in [0.25, 0.3) is 0 Å². The highest BCUT2D eigenvalue weighted by Crippen LogP contribution is 2.39. The number of amides is 2. The smallest absolute Gasteiger partial charge is 0.412 e. The lowest BCUT2D eigenvalue weighted by molar-refractivity contribution is -0.131. The Labute approximate surface area is 274 Å². The first-order valence-electron chi connectivity index (χ1n) is 17.2. The minimum absolute atomic E-state index is 0.0151. The predicted octanol–water partition coefficient (Wildman–Crippen LogP) is 7.94. The average molecular weight is 633 g/mol. The third-order valence-electron chi connectivity index (χ3n) is 8.85. The molecule has 3 atom stereocenters. The second kappa shape index (κ2) is 17.0. The van der Waals surface area contributed by atoms with E-state index in [4.69, 9.17) is 18.9 Å². The van der Waals surface area contributed by atoms with Crippen LogP contribution >= 0.6 is 0 Å². The minimum Gasteiger partial charge on any atom is -0.493 e. The fourth-order valence-electron chi connectivity index (χ4n) is 6.08. The molecule has 0 spiro atoms. The summed E-state index contributed by atoms with van der Waals surface area (Å²) in [6.07, 6.45) is 5.38. The van der Waals surface area contributed by atoms with Crippen molar-refractivity contribution in [1.29, 1.82) is 0 Å². The monoisotopic (exact) mass is 632 g/mol. The van der Waals surface area contributed by atoms with Crippen LogP contribution in [0, 0.1) is 17.3 Å². The van der Waals surface area contributed by atoms with Crippen LogP contribution < -0.4 is 10.1 Å². The fourth-order valence-corrected chi connectivity index (χ4v) is 6.08. The number of methoxy groups -OCH3 is 1. The van der Waals surface area contributed by atoms with Gasteiger partial charge in [0, 0.05) is 32.1 Å². The van der Waals surface area contributed by atoms with Gasteiger partial charge in [-0.2, -0.15) is 0 Å². The number of nitrogens with zero attached hydrogens (tertiary/aromatic N) is 1. The number of hydrogen-bond acceptors (Lipinski definition) is 6. The van der Waals surface area contributed by atoms with Gasteiger partial charge in [0.05, 0.1) is 18.8 Å². The summed E-state index contributed by atoms with van der Waals surface area (Å²) in [6, 6.07) is 6.28. The fraction of sp³-hybridized carbons (Fsp3) is 0.784. The van der Waals surface area contributed by atoms with Crippen LogP contribution in [0.4, 0.5) is 4.79 Å². The molecule has 1 N–H and O–H groups in total. The van der Waals surface area contributed by atoms with E-state index in [-0.39, 0.29) is 24.0 Å². The second-order valence-corrected chi connectivity index (χ2v) is 15.2. The van der Waals surface area contributed by atoms with Crippen LogP contribution in [0.2, 0.25) is 0 Å². The number of ether oxygens (including phenoxy) is 4. The van der Waals surface area contributed by atoms with Crippen molar-refractivity contribution in [3.05, 3.63) is 29.3 Å². The van der Waals surface area contributed by atoms with E-state index in [0.717, 1.165) is 44.3 Å². The molecule has 1 aliphatic heterocycles. The molecule has 45 heavy (non-hydrogen) atoms. The van der Waals surface area contributed by atoms with Gasteiger partial charge in [-0.15, -0.1) is 0 Å². The number of carbonyl (C=O) groups excluding carboxylic acids is 2. The number of rotatable bonds is 17. The van der Waals surface area contributed by atoms with Gasteiger partial charge in [-0.25, -0.2) is 4.79 Å². The number of carbonyl (C=O) groups is 2. The van der Waals surface area contributed by atoms with E-state index >= 15 is 0 Å². The van der Waals surface area contributed by atoms with Crippen LogP contribution in [0.1, 0.15) is 119 Å². The standard InChI is InChI=1S/C37H64N2O6/c1-13-15-19-36(8,9)33(40)38-25-32-30(39(37(10,11)44-32)34(41)45-35(5,6)7)24-29(26(3)4)22-27-17-18-28(14-2)31(23-27)43-21-16-20-42-12/h17-18,23,26,29-30,32H,13-16,19-22,24-25H2,1-12H3,(H,38,40)/t29?,30-,32+/m0/s1. The topological polar surface area (TPSA) is 86.3 Å². The SMILES string of the molecule is CCCCC(C)(C)C(=O)NC[C@H]1OC(C)(C)N(C(=O)OC(C)(C)C)[C@H]1CC(Cc1ccc(CC)c(OCCCOC)c1)C(C)C. The normalized spacial score (nSPS) is 19.1. The minimum atomic E-state index is -0.895. The van der Waals surface area contributed by atoms with Crippen molar-refractivity contribution in [2.45, 2.75) is 145 Å². The average Bonchev–Trinajstić information content (AvgIpc) is 3.20. The molecule has 0 aromatic heterocycles. The molecule has 0 bridgehead atoms. The maximum Gasteiger partial charge on any atom is 0.412 e. The lowest BCUT2D eigenvalue weighted by atomic mass is 9.82. The summed E-state index contributed by atoms with van der Waals surface area (Å²) in [6.45, 7) is 23.8. The van der Waals surface area contributed by atoms with Crippen LogP contribution in [0.15, 0.2) is 18.2 Å². The lowest BCUT2D eigenvalue weighted by Gasteiger charge is -2.37. The van der Waals surface area contributed by atoms with Crippen molar-refractivity contribution in [2.75, 3.05) is 26.9 Å². The lowest BCUT2D eigenvalue weighted by Crippen LogP contribution is -2.52. The third-order valence-corrected chi connectivity index (χ3v) is 8.85. The van der Waals surface area contributed by atoms with Crippen molar-refractivity contribution in [2.24, 2.45) is 17.3 Å². The quantitative estimate of drug-likeness (QED) is 0.176. The molecule has 1 aromatic carbocycles. The highest BCUT2D eigenvalue weighted by atomic mass is 16.6. The number of hydrogen-bond donors (Lipinski definition) is 1. The summed E-state index contributed by atoms with van der Waals surface area (Å²) in [7, 11) is 1.71. The summed E-state index contributed by atoms with van der Waals surface area (Å²) in [5, 5.41) is 3.18. The van der Waals surface area contributed by atoms with E-state index in [2.05, 4.69) is 51.2 Å². The molecule has 2 rings (SSSR count). The molecule has 1 saturated heterocycles. The van der Waals surface area contributed by atoms with Crippen molar-refractivity contribution in [3.8, 4) is 5.75 Å². The summed E-state index contributed by atoms with van der Waals surface area (Å²) in [5.74, 6) is 1.53. The van der Waals surface area contributed by atoms with E-state index in [9.17, 15) is 9.59 Å². The summed E-state index contributed by atoms with van der Waals surface area (Å²) >= 11 is 0. The molecule has 0 aliphatic carbocycles. The second-order valence-electron chi connectivity index (χ2n) is 15.2. The van der Waals surface area contributed by atoms with Crippen LogP contribution in [0.3, 0.4) is 0 Å². The number of unbranched alkanes of at least 4 members (excludes halogenated alkanes) is 1. The van der Waals surface area contributed by atoms with Crippen molar-refractivity contribution >= 4 is 12.0 Å². The molecule has 8 nitrogen and oxygen atoms in total. The molecule has 8 heteroatoms. The Morgan fingerprint density at radius 1 is 1.07 bits per heavy atom. The largest absolute Gasteiger partial charge is 0.493 e. The van der Waals surface area contributed by atoms with Crippen molar-refractivity contribution < 1.29 is 28.5 Å². The molecule has 0 saturated carbocycles. The van der Waals surface area contributed by atoms with Gasteiger partial charge in [-0.1, -0.05) is 66.5 Å². The van der Waals surface area contributed by atoms with Gasteiger partial charge in [-0.05, 0) is 89.3 Å². The van der Waals surface area contributed by atoms with E-state index in [1.807, 2.05) is 48.5 Å². The first kappa shape index (κ1) is 38.9. The molecular formula is C37H64N2O6. The van der Waals surface area contributed by atoms with Gasteiger partial charge in [0.2, 0.25) is 5.91 Å². The molecule has 258 valence electrons. The number of nitrogens with one attached hydrogen (secondary N) is 1. The van der Waals surface area contributed by atoms with Gasteiger partial charge in [0.15, 0.2) is 0 Å². The van der Waals surface area contributed by atoms with Crippen LogP contribution in [-0.4, -0.2) is 67.2 Å². The molecule has 1 aliphatic rings. The van der Waals surface area contributed by atoms with E-state index in [0.29, 0.717) is 32.1 Å².